The molecule has 0 aliphatic heterocycles. The summed E-state index contributed by atoms with van der Waals surface area (Å²) in [5.74, 6) is 0. The van der Waals surface area contributed by atoms with E-state index in [0.717, 1.165) is 37.0 Å². The highest BCUT2D eigenvalue weighted by molar-refractivity contribution is 7.91. The second-order valence-corrected chi connectivity index (χ2v) is 7.98. The van der Waals surface area contributed by atoms with Crippen LogP contribution in [0, 0.1) is 0 Å². The number of hydrogen-bond donors (Lipinski definition) is 2. The van der Waals surface area contributed by atoms with Crippen molar-refractivity contribution in [1.29, 1.82) is 0 Å². The number of halogens is 1. The van der Waals surface area contributed by atoms with Gasteiger partial charge >= 0.3 is 0 Å². The average molecular weight is 295 g/mol. The van der Waals surface area contributed by atoms with Crippen molar-refractivity contribution in [2.75, 3.05) is 6.54 Å². The summed E-state index contributed by atoms with van der Waals surface area (Å²) < 4.78 is 27.8. The molecule has 0 unspecified atom stereocenters. The molecule has 1 aliphatic carbocycles. The molecule has 1 aromatic rings. The first-order chi connectivity index (χ1) is 7.97. The first-order valence-electron chi connectivity index (χ1n) is 5.47. The van der Waals surface area contributed by atoms with E-state index < -0.39 is 15.6 Å². The Bertz CT molecular complexity index is 492. The molecule has 3 N–H and O–H groups in total. The maximum atomic E-state index is 12.2. The quantitative estimate of drug-likeness (QED) is 0.891. The molecule has 1 heterocycles. The van der Waals surface area contributed by atoms with E-state index in [0.29, 0.717) is 10.9 Å². The van der Waals surface area contributed by atoms with E-state index >= 15 is 0 Å². The fourth-order valence-electron chi connectivity index (χ4n) is 2.18. The molecule has 0 amide bonds. The van der Waals surface area contributed by atoms with Crippen LogP contribution in [0.4, 0.5) is 0 Å². The first-order valence-corrected chi connectivity index (χ1v) is 8.15. The number of sulfonamides is 1. The van der Waals surface area contributed by atoms with E-state index in [1.54, 1.807) is 6.07 Å². The fraction of sp³-hybridized carbons (Fsp3) is 0.600. The summed E-state index contributed by atoms with van der Waals surface area (Å²) in [5.41, 5.74) is 5.25. The molecule has 0 aromatic carbocycles. The normalized spacial score (nSPS) is 19.6. The Morgan fingerprint density at radius 3 is 2.53 bits per heavy atom. The molecule has 0 atom stereocenters. The third-order valence-electron chi connectivity index (χ3n) is 3.12. The van der Waals surface area contributed by atoms with Crippen LogP contribution in [-0.4, -0.2) is 20.5 Å². The molecule has 2 rings (SSSR count). The van der Waals surface area contributed by atoms with Crippen LogP contribution < -0.4 is 10.5 Å². The highest BCUT2D eigenvalue weighted by Crippen LogP contribution is 2.32. The Hall–Kier alpha value is -0.140. The minimum Gasteiger partial charge on any atom is -0.329 e. The number of hydrogen-bond acceptors (Lipinski definition) is 4. The minimum absolute atomic E-state index is 0.252. The summed E-state index contributed by atoms with van der Waals surface area (Å²) >= 11 is 6.81. The van der Waals surface area contributed by atoms with Gasteiger partial charge in [-0.3, -0.25) is 0 Å². The van der Waals surface area contributed by atoms with Gasteiger partial charge in [-0.2, -0.15) is 0 Å². The van der Waals surface area contributed by atoms with Gasteiger partial charge in [0.05, 0.1) is 4.34 Å². The largest absolute Gasteiger partial charge is 0.329 e. The standard InChI is InChI=1S/C10H15ClN2O2S2/c11-8-3-4-9(16-8)17(14,15)13-10(7-12)5-1-2-6-10/h3-4,13H,1-2,5-7,12H2. The van der Waals surface area contributed by atoms with Gasteiger partial charge in [0.2, 0.25) is 0 Å². The molecular formula is C10H15ClN2O2S2. The molecule has 0 saturated heterocycles. The number of thiophene rings is 1. The molecule has 17 heavy (non-hydrogen) atoms. The summed E-state index contributed by atoms with van der Waals surface area (Å²) in [5, 5.41) is 0. The minimum atomic E-state index is -3.49. The van der Waals surface area contributed by atoms with Gasteiger partial charge < -0.3 is 5.73 Å². The average Bonchev–Trinajstić information content (AvgIpc) is 2.87. The van der Waals surface area contributed by atoms with Crippen molar-refractivity contribution in [3.8, 4) is 0 Å². The van der Waals surface area contributed by atoms with Gasteiger partial charge in [0.25, 0.3) is 10.0 Å². The van der Waals surface area contributed by atoms with E-state index in [9.17, 15) is 8.42 Å². The van der Waals surface area contributed by atoms with Gasteiger partial charge in [-0.1, -0.05) is 24.4 Å². The topological polar surface area (TPSA) is 72.2 Å². The van der Waals surface area contributed by atoms with Crippen LogP contribution in [0.2, 0.25) is 4.34 Å². The third-order valence-corrected chi connectivity index (χ3v) is 6.42. The Kier molecular flexibility index (Phi) is 3.80. The van der Waals surface area contributed by atoms with Gasteiger partial charge in [-0.05, 0) is 25.0 Å². The molecule has 1 aromatic heterocycles. The summed E-state index contributed by atoms with van der Waals surface area (Å²) in [6.45, 7) is 0.339. The molecule has 4 nitrogen and oxygen atoms in total. The van der Waals surface area contributed by atoms with Gasteiger partial charge in [0.1, 0.15) is 4.21 Å². The molecule has 7 heteroatoms. The number of nitrogens with two attached hydrogens (primary N) is 1. The maximum absolute atomic E-state index is 12.2. The van der Waals surface area contributed by atoms with Crippen LogP contribution in [-0.2, 0) is 10.0 Å². The zero-order valence-corrected chi connectivity index (χ0v) is 11.7. The second kappa shape index (κ2) is 4.85. The first kappa shape index (κ1) is 13.3. The monoisotopic (exact) mass is 294 g/mol. The molecule has 1 fully saturated rings. The highest BCUT2D eigenvalue weighted by Gasteiger charge is 2.37. The van der Waals surface area contributed by atoms with Crippen molar-refractivity contribution in [2.45, 2.75) is 35.4 Å². The summed E-state index contributed by atoms with van der Waals surface area (Å²) in [7, 11) is -3.49. The number of nitrogens with one attached hydrogen (secondary N) is 1. The lowest BCUT2D eigenvalue weighted by Crippen LogP contribution is -2.51. The van der Waals surface area contributed by atoms with Gasteiger partial charge in [-0.15, -0.1) is 11.3 Å². The van der Waals surface area contributed by atoms with Gasteiger partial charge in [0, 0.05) is 12.1 Å². The second-order valence-electron chi connectivity index (χ2n) is 4.36. The van der Waals surface area contributed by atoms with E-state index in [1.807, 2.05) is 0 Å². The van der Waals surface area contributed by atoms with Crippen LogP contribution in [0.3, 0.4) is 0 Å². The Morgan fingerprint density at radius 2 is 2.06 bits per heavy atom. The Labute approximate surface area is 110 Å². The van der Waals surface area contributed by atoms with Crippen LogP contribution in [0.5, 0.6) is 0 Å². The van der Waals surface area contributed by atoms with Gasteiger partial charge in [0.15, 0.2) is 0 Å². The van der Waals surface area contributed by atoms with Crippen molar-refractivity contribution in [3.63, 3.8) is 0 Å². The van der Waals surface area contributed by atoms with Crippen LogP contribution in [0.15, 0.2) is 16.3 Å². The van der Waals surface area contributed by atoms with Crippen LogP contribution >= 0.6 is 22.9 Å². The predicted molar refractivity (Wildman–Crippen MR) is 69.9 cm³/mol. The van der Waals surface area contributed by atoms with Crippen molar-refractivity contribution in [2.24, 2.45) is 5.73 Å². The lowest BCUT2D eigenvalue weighted by Gasteiger charge is -2.27. The smallest absolute Gasteiger partial charge is 0.250 e. The van der Waals surface area contributed by atoms with Crippen molar-refractivity contribution >= 4 is 33.0 Å². The van der Waals surface area contributed by atoms with Crippen LogP contribution in [0.25, 0.3) is 0 Å². The molecule has 0 radical (unpaired) electrons. The predicted octanol–water partition coefficient (Wildman–Crippen LogP) is 1.95. The molecule has 0 bridgehead atoms. The lowest BCUT2D eigenvalue weighted by molar-refractivity contribution is 0.400. The molecule has 1 saturated carbocycles. The maximum Gasteiger partial charge on any atom is 0.250 e. The zero-order valence-electron chi connectivity index (χ0n) is 9.28. The van der Waals surface area contributed by atoms with E-state index in [4.69, 9.17) is 17.3 Å². The van der Waals surface area contributed by atoms with Crippen molar-refractivity contribution < 1.29 is 8.42 Å². The third kappa shape index (κ3) is 2.82. The zero-order chi connectivity index (χ0) is 12.5. The SMILES string of the molecule is NCC1(NS(=O)(=O)c2ccc(Cl)s2)CCCC1. The number of rotatable bonds is 4. The summed E-state index contributed by atoms with van der Waals surface area (Å²) in [6, 6.07) is 3.11. The Balaban J connectivity index is 2.22. The highest BCUT2D eigenvalue weighted by atomic mass is 35.5. The summed E-state index contributed by atoms with van der Waals surface area (Å²) in [6.07, 6.45) is 3.65. The fourth-order valence-corrected chi connectivity index (χ4v) is 5.13. The molecule has 96 valence electrons. The van der Waals surface area contributed by atoms with Crippen molar-refractivity contribution in [3.05, 3.63) is 16.5 Å². The molecule has 0 spiro atoms. The van der Waals surface area contributed by atoms with Crippen molar-refractivity contribution in [1.82, 2.24) is 4.72 Å². The van der Waals surface area contributed by atoms with E-state index in [1.165, 1.54) is 6.07 Å². The van der Waals surface area contributed by atoms with Crippen LogP contribution in [0.1, 0.15) is 25.7 Å². The lowest BCUT2D eigenvalue weighted by atomic mass is 10.0. The summed E-state index contributed by atoms with van der Waals surface area (Å²) in [4.78, 5) is 0. The molecular weight excluding hydrogens is 280 g/mol. The molecule has 1 aliphatic rings. The van der Waals surface area contributed by atoms with E-state index in [2.05, 4.69) is 4.72 Å². The Morgan fingerprint density at radius 1 is 1.41 bits per heavy atom. The van der Waals surface area contributed by atoms with Gasteiger partial charge in [-0.25, -0.2) is 13.1 Å². The van der Waals surface area contributed by atoms with E-state index in [-0.39, 0.29) is 4.21 Å².